The monoisotopic (exact) mass is 376 g/mol. The first-order valence-electron chi connectivity index (χ1n) is 6.51. The first-order valence-corrected chi connectivity index (χ1v) is 8.74. The van der Waals surface area contributed by atoms with Crippen LogP contribution in [0.1, 0.15) is 6.42 Å². The summed E-state index contributed by atoms with van der Waals surface area (Å²) in [5.74, 6) is -0.400. The second kappa shape index (κ2) is 6.82. The lowest BCUT2D eigenvalue weighted by Gasteiger charge is -2.20. The van der Waals surface area contributed by atoms with Crippen molar-refractivity contribution in [3.8, 4) is 0 Å². The van der Waals surface area contributed by atoms with Crippen LogP contribution in [0.2, 0.25) is 0 Å². The first-order chi connectivity index (χ1) is 9.89. The predicted molar refractivity (Wildman–Crippen MR) is 80.9 cm³/mol. The Morgan fingerprint density at radius 2 is 2.05 bits per heavy atom. The van der Waals surface area contributed by atoms with Gasteiger partial charge in [0.2, 0.25) is 15.9 Å². The summed E-state index contributed by atoms with van der Waals surface area (Å²) >= 11 is 3.23. The molecule has 116 valence electrons. The van der Waals surface area contributed by atoms with E-state index in [1.165, 1.54) is 22.8 Å². The molecule has 1 aromatic heterocycles. The van der Waals surface area contributed by atoms with Gasteiger partial charge in [0.25, 0.3) is 0 Å². The molecule has 1 aromatic rings. The van der Waals surface area contributed by atoms with Crippen LogP contribution in [0.5, 0.6) is 0 Å². The Morgan fingerprint density at radius 1 is 1.29 bits per heavy atom. The van der Waals surface area contributed by atoms with Crippen molar-refractivity contribution in [1.29, 1.82) is 0 Å². The molecule has 0 atom stereocenters. The number of rotatable bonds is 4. The summed E-state index contributed by atoms with van der Waals surface area (Å²) in [6, 6.07) is 1.54. The predicted octanol–water partition coefficient (Wildman–Crippen LogP) is 0.0258. The Balaban J connectivity index is 2.12. The van der Waals surface area contributed by atoms with Gasteiger partial charge in [-0.25, -0.2) is 8.42 Å². The third-order valence-corrected chi connectivity index (χ3v) is 5.54. The zero-order valence-electron chi connectivity index (χ0n) is 11.4. The highest BCUT2D eigenvalue weighted by Crippen LogP contribution is 2.20. The maximum absolute atomic E-state index is 12.6. The average Bonchev–Trinajstić information content (AvgIpc) is 2.64. The van der Waals surface area contributed by atoms with Crippen LogP contribution in [0.3, 0.4) is 0 Å². The molecule has 0 aromatic carbocycles. The van der Waals surface area contributed by atoms with Gasteiger partial charge in [-0.15, -0.1) is 0 Å². The van der Waals surface area contributed by atoms with E-state index in [-0.39, 0.29) is 11.4 Å². The van der Waals surface area contributed by atoms with Crippen molar-refractivity contribution in [3.63, 3.8) is 0 Å². The molecular formula is C12H17BrN4O3S. The normalized spacial score (nSPS) is 18.3. The van der Waals surface area contributed by atoms with Crippen molar-refractivity contribution >= 4 is 31.9 Å². The fourth-order valence-electron chi connectivity index (χ4n) is 2.25. The highest BCUT2D eigenvalue weighted by Gasteiger charge is 2.27. The highest BCUT2D eigenvalue weighted by atomic mass is 79.9. The summed E-state index contributed by atoms with van der Waals surface area (Å²) in [4.78, 5) is 16.9. The number of carbonyl (C=O) groups excluding carboxylic acids is 1. The molecule has 2 N–H and O–H groups in total. The zero-order chi connectivity index (χ0) is 15.5. The number of sulfonamides is 1. The Bertz CT molecular complexity index is 623. The van der Waals surface area contributed by atoms with Crippen molar-refractivity contribution in [2.24, 2.45) is 5.73 Å². The van der Waals surface area contributed by atoms with E-state index in [4.69, 9.17) is 5.73 Å². The lowest BCUT2D eigenvalue weighted by molar-refractivity contribution is -0.119. The molecule has 2 rings (SSSR count). The molecule has 1 fully saturated rings. The summed E-state index contributed by atoms with van der Waals surface area (Å²) < 4.78 is 27.2. The third kappa shape index (κ3) is 4.22. The number of primary amides is 1. The van der Waals surface area contributed by atoms with Crippen LogP contribution < -0.4 is 5.73 Å². The van der Waals surface area contributed by atoms with Gasteiger partial charge in [-0.2, -0.15) is 4.31 Å². The lowest BCUT2D eigenvalue weighted by atomic mass is 10.4. The highest BCUT2D eigenvalue weighted by molar-refractivity contribution is 9.10. The van der Waals surface area contributed by atoms with Crippen LogP contribution in [0.15, 0.2) is 27.8 Å². The molecule has 9 heteroatoms. The fraction of sp³-hybridized carbons (Fsp3) is 0.500. The third-order valence-electron chi connectivity index (χ3n) is 3.24. The van der Waals surface area contributed by atoms with Crippen molar-refractivity contribution in [1.82, 2.24) is 14.2 Å². The number of aromatic nitrogens is 1. The molecule has 21 heavy (non-hydrogen) atoms. The Labute approximate surface area is 132 Å². The van der Waals surface area contributed by atoms with Gasteiger partial charge in [-0.1, -0.05) is 0 Å². The summed E-state index contributed by atoms with van der Waals surface area (Å²) in [7, 11) is -3.56. The van der Waals surface area contributed by atoms with Crippen molar-refractivity contribution in [2.75, 3.05) is 32.7 Å². The van der Waals surface area contributed by atoms with Crippen LogP contribution in [0.25, 0.3) is 0 Å². The largest absolute Gasteiger partial charge is 0.369 e. The topological polar surface area (TPSA) is 96.6 Å². The Kier molecular flexibility index (Phi) is 5.31. The van der Waals surface area contributed by atoms with Gasteiger partial charge in [-0.3, -0.25) is 14.7 Å². The minimum atomic E-state index is -3.56. The van der Waals surface area contributed by atoms with Gasteiger partial charge >= 0.3 is 0 Å². The van der Waals surface area contributed by atoms with Crippen molar-refractivity contribution in [3.05, 3.63) is 22.9 Å². The van der Waals surface area contributed by atoms with Gasteiger partial charge in [-0.05, 0) is 35.0 Å². The van der Waals surface area contributed by atoms with Crippen molar-refractivity contribution < 1.29 is 13.2 Å². The minimum absolute atomic E-state index is 0.159. The molecule has 2 heterocycles. The number of hydrogen-bond acceptors (Lipinski definition) is 5. The second-order valence-corrected chi connectivity index (χ2v) is 7.69. The molecule has 1 amide bonds. The van der Waals surface area contributed by atoms with Crippen LogP contribution in [0, 0.1) is 0 Å². The molecule has 1 aliphatic heterocycles. The van der Waals surface area contributed by atoms with E-state index < -0.39 is 15.9 Å². The smallest absolute Gasteiger partial charge is 0.244 e. The quantitative estimate of drug-likeness (QED) is 0.799. The molecule has 0 aliphatic carbocycles. The van der Waals surface area contributed by atoms with Gasteiger partial charge < -0.3 is 5.73 Å². The number of hydrogen-bond donors (Lipinski definition) is 1. The molecule has 0 unspecified atom stereocenters. The first kappa shape index (κ1) is 16.3. The number of nitrogens with two attached hydrogens (primary N) is 1. The number of pyridine rings is 1. The zero-order valence-corrected chi connectivity index (χ0v) is 13.8. The standard InChI is InChI=1S/C12H17BrN4O3S/c13-10-6-11(8-15-7-10)21(19,20)17-3-1-2-16(4-5-17)9-12(14)18/h6-8H,1-5,9H2,(H2,14,18). The van der Waals surface area contributed by atoms with Gasteiger partial charge in [0.15, 0.2) is 0 Å². The summed E-state index contributed by atoms with van der Waals surface area (Å²) in [6.07, 6.45) is 3.54. The SMILES string of the molecule is NC(=O)CN1CCCN(S(=O)(=O)c2cncc(Br)c2)CC1. The molecule has 1 aliphatic rings. The average molecular weight is 377 g/mol. The summed E-state index contributed by atoms with van der Waals surface area (Å²) in [5, 5.41) is 0. The molecule has 0 spiro atoms. The van der Waals surface area contributed by atoms with Crippen molar-refractivity contribution in [2.45, 2.75) is 11.3 Å². The van der Waals surface area contributed by atoms with Crippen LogP contribution in [-0.4, -0.2) is 61.2 Å². The van der Waals surface area contributed by atoms with E-state index in [0.29, 0.717) is 37.1 Å². The maximum atomic E-state index is 12.6. The van der Waals surface area contributed by atoms with Crippen LogP contribution in [0.4, 0.5) is 0 Å². The fourth-order valence-corrected chi connectivity index (χ4v) is 4.22. The van der Waals surface area contributed by atoms with E-state index in [1.807, 2.05) is 4.90 Å². The Hall–Kier alpha value is -1.03. The van der Waals surface area contributed by atoms with E-state index >= 15 is 0 Å². The van der Waals surface area contributed by atoms with Gasteiger partial charge in [0.05, 0.1) is 6.54 Å². The molecule has 0 bridgehead atoms. The summed E-state index contributed by atoms with van der Waals surface area (Å²) in [5.41, 5.74) is 5.18. The molecule has 0 saturated carbocycles. The van der Waals surface area contributed by atoms with Crippen LogP contribution in [-0.2, 0) is 14.8 Å². The number of carbonyl (C=O) groups is 1. The van der Waals surface area contributed by atoms with E-state index in [2.05, 4.69) is 20.9 Å². The number of amides is 1. The summed E-state index contributed by atoms with van der Waals surface area (Å²) in [6.45, 7) is 2.06. The maximum Gasteiger partial charge on any atom is 0.244 e. The molecule has 1 saturated heterocycles. The molecule has 0 radical (unpaired) electrons. The molecular weight excluding hydrogens is 360 g/mol. The number of halogens is 1. The lowest BCUT2D eigenvalue weighted by Crippen LogP contribution is -2.38. The Morgan fingerprint density at radius 3 is 2.71 bits per heavy atom. The van der Waals surface area contributed by atoms with Gasteiger partial charge in [0, 0.05) is 36.5 Å². The molecule has 7 nitrogen and oxygen atoms in total. The second-order valence-electron chi connectivity index (χ2n) is 4.84. The van der Waals surface area contributed by atoms with E-state index in [9.17, 15) is 13.2 Å². The van der Waals surface area contributed by atoms with Crippen LogP contribution >= 0.6 is 15.9 Å². The minimum Gasteiger partial charge on any atom is -0.369 e. The van der Waals surface area contributed by atoms with E-state index in [0.717, 1.165) is 0 Å². The van der Waals surface area contributed by atoms with Gasteiger partial charge in [0.1, 0.15) is 4.90 Å². The van der Waals surface area contributed by atoms with E-state index in [1.54, 1.807) is 0 Å². The number of nitrogens with zero attached hydrogens (tertiary/aromatic N) is 3.